The van der Waals surface area contributed by atoms with Crippen molar-refractivity contribution in [1.82, 2.24) is 9.80 Å². The Morgan fingerprint density at radius 1 is 1.05 bits per heavy atom. The fourth-order valence-electron chi connectivity index (χ4n) is 4.86. The Labute approximate surface area is 224 Å². The Morgan fingerprint density at radius 2 is 1.79 bits per heavy atom. The van der Waals surface area contributed by atoms with Crippen LogP contribution in [0.2, 0.25) is 0 Å². The third-order valence-electron chi connectivity index (χ3n) is 6.66. The number of hydrogen-bond acceptors (Lipinski definition) is 7. The maximum atomic E-state index is 13.4. The summed E-state index contributed by atoms with van der Waals surface area (Å²) in [6.07, 6.45) is 1.58. The molecule has 8 nitrogen and oxygen atoms in total. The average Bonchev–Trinajstić information content (AvgIpc) is 3.17. The first-order valence-corrected chi connectivity index (χ1v) is 13.5. The third kappa shape index (κ3) is 6.55. The molecule has 1 N–H and O–H groups in total. The van der Waals surface area contributed by atoms with Gasteiger partial charge in [-0.3, -0.25) is 14.5 Å². The molecule has 38 heavy (non-hydrogen) atoms. The molecule has 0 spiro atoms. The number of benzene rings is 2. The summed E-state index contributed by atoms with van der Waals surface area (Å²) >= 11 is 0. The lowest BCUT2D eigenvalue weighted by molar-refractivity contribution is -0.140. The van der Waals surface area contributed by atoms with Gasteiger partial charge in [-0.1, -0.05) is 19.1 Å². The second kappa shape index (κ2) is 12.9. The summed E-state index contributed by atoms with van der Waals surface area (Å²) in [6.45, 7) is 10.8. The lowest BCUT2D eigenvalue weighted by atomic mass is 9.95. The molecule has 0 aliphatic carbocycles. The van der Waals surface area contributed by atoms with Crippen LogP contribution in [0.4, 0.5) is 0 Å². The van der Waals surface area contributed by atoms with E-state index in [4.69, 9.17) is 14.2 Å². The molecule has 2 aromatic rings. The molecule has 0 bridgehead atoms. The highest BCUT2D eigenvalue weighted by Crippen LogP contribution is 2.40. The van der Waals surface area contributed by atoms with Crippen LogP contribution in [-0.2, 0) is 14.3 Å². The molecule has 204 valence electrons. The minimum Gasteiger partial charge on any atom is -0.507 e. The number of likely N-dealkylation sites (tertiary alicyclic amines) is 1. The second-order valence-corrected chi connectivity index (χ2v) is 9.91. The standard InChI is InChI=1S/C30H38N2O6/c1-4-17-37-25-8-5-7-23(20-25)27-26(28(33)22-9-11-24(12-10-22)38-21(2)3)29(34)30(35)32(27)14-6-13-31-15-18-36-19-16-31/h5,7-12,20-21,27,33H,4,6,13-19H2,1-3H3/b28-26+/t27-/m0/s1. The van der Waals surface area contributed by atoms with Gasteiger partial charge in [-0.2, -0.15) is 0 Å². The van der Waals surface area contributed by atoms with Gasteiger partial charge in [0.15, 0.2) is 0 Å². The predicted octanol–water partition coefficient (Wildman–Crippen LogP) is 4.41. The van der Waals surface area contributed by atoms with Crippen molar-refractivity contribution in [3.63, 3.8) is 0 Å². The highest BCUT2D eigenvalue weighted by Gasteiger charge is 2.46. The molecule has 2 aromatic carbocycles. The average molecular weight is 523 g/mol. The van der Waals surface area contributed by atoms with Gasteiger partial charge in [-0.05, 0) is 68.7 Å². The van der Waals surface area contributed by atoms with Gasteiger partial charge < -0.3 is 24.2 Å². The smallest absolute Gasteiger partial charge is 0.295 e. The van der Waals surface area contributed by atoms with Crippen molar-refractivity contribution in [2.24, 2.45) is 0 Å². The van der Waals surface area contributed by atoms with Crippen LogP contribution in [0.1, 0.15) is 50.8 Å². The fraction of sp³-hybridized carbons (Fsp3) is 0.467. The molecular formula is C30H38N2O6. The molecule has 2 aliphatic heterocycles. The number of aliphatic hydroxyl groups excluding tert-OH is 1. The topological polar surface area (TPSA) is 88.5 Å². The third-order valence-corrected chi connectivity index (χ3v) is 6.66. The van der Waals surface area contributed by atoms with E-state index in [1.807, 2.05) is 45.0 Å². The van der Waals surface area contributed by atoms with Crippen LogP contribution < -0.4 is 9.47 Å². The zero-order valence-electron chi connectivity index (χ0n) is 22.5. The Balaban J connectivity index is 1.66. The van der Waals surface area contributed by atoms with Crippen LogP contribution in [0.5, 0.6) is 11.5 Å². The van der Waals surface area contributed by atoms with Gasteiger partial charge in [0, 0.05) is 31.7 Å². The van der Waals surface area contributed by atoms with Crippen molar-refractivity contribution in [1.29, 1.82) is 0 Å². The zero-order chi connectivity index (χ0) is 27.1. The monoisotopic (exact) mass is 522 g/mol. The van der Waals surface area contributed by atoms with Crippen molar-refractivity contribution < 1.29 is 28.9 Å². The van der Waals surface area contributed by atoms with Crippen molar-refractivity contribution in [3.05, 3.63) is 65.2 Å². The number of Topliss-reactive ketones (excluding diaryl/α,β-unsaturated/α-hetero) is 1. The molecule has 0 radical (unpaired) electrons. The van der Waals surface area contributed by atoms with Gasteiger partial charge in [0.2, 0.25) is 0 Å². The molecule has 0 aromatic heterocycles. The van der Waals surface area contributed by atoms with Gasteiger partial charge in [-0.25, -0.2) is 0 Å². The molecule has 0 saturated carbocycles. The zero-order valence-corrected chi connectivity index (χ0v) is 22.5. The summed E-state index contributed by atoms with van der Waals surface area (Å²) in [5.74, 6) is -0.143. The van der Waals surface area contributed by atoms with Crippen molar-refractivity contribution >= 4 is 17.4 Å². The van der Waals surface area contributed by atoms with Crippen molar-refractivity contribution in [2.75, 3.05) is 46.0 Å². The molecular weight excluding hydrogens is 484 g/mol. The van der Waals surface area contributed by atoms with Crippen LogP contribution >= 0.6 is 0 Å². The molecule has 0 unspecified atom stereocenters. The summed E-state index contributed by atoms with van der Waals surface area (Å²) in [7, 11) is 0. The fourth-order valence-corrected chi connectivity index (χ4v) is 4.86. The second-order valence-electron chi connectivity index (χ2n) is 9.91. The first-order chi connectivity index (χ1) is 18.4. The van der Waals surface area contributed by atoms with Crippen molar-refractivity contribution in [2.45, 2.75) is 45.8 Å². The molecule has 2 aliphatic rings. The van der Waals surface area contributed by atoms with E-state index in [1.165, 1.54) is 0 Å². The number of morpholine rings is 1. The van der Waals surface area contributed by atoms with Gasteiger partial charge in [0.05, 0.1) is 37.5 Å². The van der Waals surface area contributed by atoms with Crippen molar-refractivity contribution in [3.8, 4) is 11.5 Å². The lowest BCUT2D eigenvalue weighted by Gasteiger charge is -2.29. The molecule has 2 heterocycles. The first-order valence-electron chi connectivity index (χ1n) is 13.5. The van der Waals surface area contributed by atoms with E-state index in [9.17, 15) is 14.7 Å². The highest BCUT2D eigenvalue weighted by atomic mass is 16.5. The SMILES string of the molecule is CCCOc1cccc([C@H]2/C(=C(\O)c3ccc(OC(C)C)cc3)C(=O)C(=O)N2CCCN2CCOCC2)c1. The lowest BCUT2D eigenvalue weighted by Crippen LogP contribution is -2.38. The number of carbonyl (C=O) groups is 2. The quantitative estimate of drug-likeness (QED) is 0.266. The summed E-state index contributed by atoms with van der Waals surface area (Å²) in [5.41, 5.74) is 1.27. The number of nitrogens with zero attached hydrogens (tertiary/aromatic N) is 2. The summed E-state index contributed by atoms with van der Waals surface area (Å²) in [6, 6.07) is 13.6. The molecule has 4 rings (SSSR count). The number of ether oxygens (including phenoxy) is 3. The van der Waals surface area contributed by atoms with Crippen LogP contribution in [-0.4, -0.2) is 78.7 Å². The van der Waals surface area contributed by atoms with E-state index >= 15 is 0 Å². The molecule has 8 heteroatoms. The normalized spacial score (nSPS) is 19.8. The molecule has 2 fully saturated rings. The Bertz CT molecular complexity index is 1140. The van der Waals surface area contributed by atoms with E-state index in [1.54, 1.807) is 29.2 Å². The number of amides is 1. The van der Waals surface area contributed by atoms with Gasteiger partial charge in [0.1, 0.15) is 17.3 Å². The molecule has 2 saturated heterocycles. The molecule has 1 atom stereocenters. The van der Waals surface area contributed by atoms with Gasteiger partial charge in [-0.15, -0.1) is 0 Å². The van der Waals surface area contributed by atoms with Gasteiger partial charge in [0.25, 0.3) is 11.7 Å². The van der Waals surface area contributed by atoms with Crippen LogP contribution in [0.3, 0.4) is 0 Å². The number of rotatable bonds is 11. The predicted molar refractivity (Wildman–Crippen MR) is 145 cm³/mol. The first kappa shape index (κ1) is 27.7. The minimum absolute atomic E-state index is 0.0134. The highest BCUT2D eigenvalue weighted by molar-refractivity contribution is 6.46. The van der Waals surface area contributed by atoms with Crippen LogP contribution in [0, 0.1) is 0 Å². The van der Waals surface area contributed by atoms with Crippen LogP contribution in [0.15, 0.2) is 54.1 Å². The van der Waals surface area contributed by atoms with E-state index in [0.29, 0.717) is 49.8 Å². The maximum absolute atomic E-state index is 13.4. The Kier molecular flexibility index (Phi) is 9.42. The number of hydrogen-bond donors (Lipinski definition) is 1. The Hall–Kier alpha value is -3.36. The summed E-state index contributed by atoms with van der Waals surface area (Å²) in [4.78, 5) is 30.5. The Morgan fingerprint density at radius 3 is 2.47 bits per heavy atom. The van der Waals surface area contributed by atoms with Crippen LogP contribution in [0.25, 0.3) is 5.76 Å². The van der Waals surface area contributed by atoms with E-state index in [0.717, 1.165) is 31.6 Å². The van der Waals surface area contributed by atoms with E-state index < -0.39 is 17.7 Å². The summed E-state index contributed by atoms with van der Waals surface area (Å²) < 4.78 is 17.0. The maximum Gasteiger partial charge on any atom is 0.295 e. The minimum atomic E-state index is -0.712. The van der Waals surface area contributed by atoms with Gasteiger partial charge >= 0.3 is 0 Å². The largest absolute Gasteiger partial charge is 0.507 e. The number of aliphatic hydroxyl groups is 1. The number of carbonyl (C=O) groups excluding carboxylic acids is 2. The van der Waals surface area contributed by atoms with E-state index in [-0.39, 0.29) is 17.4 Å². The summed E-state index contributed by atoms with van der Waals surface area (Å²) in [5, 5.41) is 11.4. The number of ketones is 1. The molecule has 1 amide bonds. The van der Waals surface area contributed by atoms with E-state index in [2.05, 4.69) is 4.90 Å².